The van der Waals surface area contributed by atoms with E-state index in [9.17, 15) is 0 Å². The van der Waals surface area contributed by atoms with Gasteiger partial charge in [-0.2, -0.15) is 0 Å². The van der Waals surface area contributed by atoms with Gasteiger partial charge in [0.1, 0.15) is 0 Å². The number of morpholine rings is 1. The zero-order valence-electron chi connectivity index (χ0n) is 9.51. The summed E-state index contributed by atoms with van der Waals surface area (Å²) < 4.78 is 5.34. The highest BCUT2D eigenvalue weighted by molar-refractivity contribution is 5.16. The molecule has 16 heavy (non-hydrogen) atoms. The minimum atomic E-state index is 0.404. The van der Waals surface area contributed by atoms with Gasteiger partial charge in [-0.3, -0.25) is 9.88 Å². The molecule has 0 spiro atoms. The fourth-order valence-electron chi connectivity index (χ4n) is 2.05. The van der Waals surface area contributed by atoms with Crippen molar-refractivity contribution >= 4 is 0 Å². The first-order valence-corrected chi connectivity index (χ1v) is 5.80. The molecule has 1 fully saturated rings. The number of hydrogen-bond donors (Lipinski definition) is 1. The lowest BCUT2D eigenvalue weighted by molar-refractivity contribution is 0.0353. The highest BCUT2D eigenvalue weighted by Crippen LogP contribution is 2.15. The van der Waals surface area contributed by atoms with Crippen molar-refractivity contribution in [3.8, 4) is 0 Å². The highest BCUT2D eigenvalue weighted by atomic mass is 16.5. The largest absolute Gasteiger partial charge is 0.379 e. The van der Waals surface area contributed by atoms with Gasteiger partial charge in [0.15, 0.2) is 0 Å². The van der Waals surface area contributed by atoms with Crippen LogP contribution in [-0.4, -0.2) is 49.3 Å². The second-order valence-corrected chi connectivity index (χ2v) is 4.13. The third-order valence-corrected chi connectivity index (χ3v) is 3.04. The summed E-state index contributed by atoms with van der Waals surface area (Å²) in [6, 6.07) is 4.11. The van der Waals surface area contributed by atoms with Gasteiger partial charge in [0, 0.05) is 44.5 Å². The molecule has 2 rings (SSSR count). The van der Waals surface area contributed by atoms with E-state index in [-0.39, 0.29) is 0 Å². The summed E-state index contributed by atoms with van der Waals surface area (Å²) in [5, 5.41) is 0. The van der Waals surface area contributed by atoms with Gasteiger partial charge >= 0.3 is 0 Å². The molecule has 0 aliphatic carbocycles. The molecule has 1 unspecified atom stereocenters. The van der Waals surface area contributed by atoms with E-state index in [0.717, 1.165) is 32.8 Å². The Bertz CT molecular complexity index is 298. The van der Waals surface area contributed by atoms with Gasteiger partial charge in [0.05, 0.1) is 13.2 Å². The lowest BCUT2D eigenvalue weighted by atomic mass is 10.00. The molecule has 1 saturated heterocycles. The SMILES string of the molecule is NCC(CN1CCOCC1)c1ccncc1. The van der Waals surface area contributed by atoms with Crippen LogP contribution in [0.2, 0.25) is 0 Å². The summed E-state index contributed by atoms with van der Waals surface area (Å²) in [7, 11) is 0. The monoisotopic (exact) mass is 221 g/mol. The van der Waals surface area contributed by atoms with Crippen LogP contribution in [0, 0.1) is 0 Å². The molecular formula is C12H19N3O. The van der Waals surface area contributed by atoms with E-state index in [0.29, 0.717) is 12.5 Å². The first-order valence-electron chi connectivity index (χ1n) is 5.80. The standard InChI is InChI=1S/C12H19N3O/c13-9-12(11-1-3-14-4-2-11)10-15-5-7-16-8-6-15/h1-4,12H,5-10,13H2. The van der Waals surface area contributed by atoms with Crippen molar-refractivity contribution in [1.29, 1.82) is 0 Å². The van der Waals surface area contributed by atoms with Crippen molar-refractivity contribution in [2.75, 3.05) is 39.4 Å². The van der Waals surface area contributed by atoms with Crippen LogP contribution in [0.3, 0.4) is 0 Å². The van der Waals surface area contributed by atoms with Gasteiger partial charge in [-0.25, -0.2) is 0 Å². The molecule has 0 bridgehead atoms. The maximum absolute atomic E-state index is 5.84. The molecule has 1 aromatic rings. The van der Waals surface area contributed by atoms with Gasteiger partial charge in [0.2, 0.25) is 0 Å². The lowest BCUT2D eigenvalue weighted by Gasteiger charge is -2.30. The van der Waals surface area contributed by atoms with Crippen LogP contribution in [0.4, 0.5) is 0 Å². The Morgan fingerprint density at radius 1 is 1.31 bits per heavy atom. The molecule has 1 aliphatic heterocycles. The second kappa shape index (κ2) is 5.94. The van der Waals surface area contributed by atoms with Gasteiger partial charge < -0.3 is 10.5 Å². The topological polar surface area (TPSA) is 51.4 Å². The third kappa shape index (κ3) is 3.01. The first-order chi connectivity index (χ1) is 7.90. The molecular weight excluding hydrogens is 202 g/mol. The fraction of sp³-hybridized carbons (Fsp3) is 0.583. The maximum Gasteiger partial charge on any atom is 0.0594 e. The van der Waals surface area contributed by atoms with Crippen molar-refractivity contribution in [1.82, 2.24) is 9.88 Å². The van der Waals surface area contributed by atoms with Crippen LogP contribution in [0.15, 0.2) is 24.5 Å². The minimum Gasteiger partial charge on any atom is -0.379 e. The molecule has 0 amide bonds. The number of pyridine rings is 1. The van der Waals surface area contributed by atoms with E-state index in [2.05, 4.69) is 22.0 Å². The summed E-state index contributed by atoms with van der Waals surface area (Å²) in [6.45, 7) is 5.41. The zero-order valence-corrected chi connectivity index (χ0v) is 9.51. The van der Waals surface area contributed by atoms with Crippen LogP contribution in [0.1, 0.15) is 11.5 Å². The number of hydrogen-bond acceptors (Lipinski definition) is 4. The average Bonchev–Trinajstić information content (AvgIpc) is 2.38. The highest BCUT2D eigenvalue weighted by Gasteiger charge is 2.16. The minimum absolute atomic E-state index is 0.404. The first kappa shape index (κ1) is 11.5. The fourth-order valence-corrected chi connectivity index (χ4v) is 2.05. The number of nitrogens with zero attached hydrogens (tertiary/aromatic N) is 2. The normalized spacial score (nSPS) is 19.6. The lowest BCUT2D eigenvalue weighted by Crippen LogP contribution is -2.40. The van der Waals surface area contributed by atoms with Crippen molar-refractivity contribution in [2.45, 2.75) is 5.92 Å². The summed E-state index contributed by atoms with van der Waals surface area (Å²) in [5.74, 6) is 0.404. The van der Waals surface area contributed by atoms with Gasteiger partial charge in [-0.1, -0.05) is 0 Å². The van der Waals surface area contributed by atoms with Crippen molar-refractivity contribution in [2.24, 2.45) is 5.73 Å². The average molecular weight is 221 g/mol. The molecule has 0 aromatic carbocycles. The number of aromatic nitrogens is 1. The Morgan fingerprint density at radius 2 is 2.00 bits per heavy atom. The number of ether oxygens (including phenoxy) is 1. The summed E-state index contributed by atoms with van der Waals surface area (Å²) >= 11 is 0. The summed E-state index contributed by atoms with van der Waals surface area (Å²) in [6.07, 6.45) is 3.66. The van der Waals surface area contributed by atoms with Crippen LogP contribution < -0.4 is 5.73 Å². The summed E-state index contributed by atoms with van der Waals surface area (Å²) in [5.41, 5.74) is 7.13. The van der Waals surface area contributed by atoms with Crippen LogP contribution in [0.5, 0.6) is 0 Å². The van der Waals surface area contributed by atoms with Gasteiger partial charge in [-0.15, -0.1) is 0 Å². The molecule has 88 valence electrons. The Balaban J connectivity index is 1.94. The molecule has 0 radical (unpaired) electrons. The molecule has 0 saturated carbocycles. The predicted molar refractivity (Wildman–Crippen MR) is 63.3 cm³/mol. The van der Waals surface area contributed by atoms with E-state index in [1.807, 2.05) is 12.4 Å². The number of nitrogens with two attached hydrogens (primary N) is 1. The van der Waals surface area contributed by atoms with E-state index < -0.39 is 0 Å². The molecule has 2 heterocycles. The second-order valence-electron chi connectivity index (χ2n) is 4.13. The van der Waals surface area contributed by atoms with E-state index >= 15 is 0 Å². The molecule has 1 aliphatic rings. The Kier molecular flexibility index (Phi) is 4.27. The van der Waals surface area contributed by atoms with Crippen molar-refractivity contribution in [3.05, 3.63) is 30.1 Å². The van der Waals surface area contributed by atoms with E-state index in [1.54, 1.807) is 0 Å². The number of rotatable bonds is 4. The third-order valence-electron chi connectivity index (χ3n) is 3.04. The smallest absolute Gasteiger partial charge is 0.0594 e. The molecule has 4 nitrogen and oxygen atoms in total. The van der Waals surface area contributed by atoms with E-state index in [4.69, 9.17) is 10.5 Å². The van der Waals surface area contributed by atoms with Crippen molar-refractivity contribution < 1.29 is 4.74 Å². The molecule has 1 atom stereocenters. The maximum atomic E-state index is 5.84. The van der Waals surface area contributed by atoms with E-state index in [1.165, 1.54) is 5.56 Å². The predicted octanol–water partition coefficient (Wildman–Crippen LogP) is 0.456. The molecule has 4 heteroatoms. The Labute approximate surface area is 96.4 Å². The quantitative estimate of drug-likeness (QED) is 0.802. The van der Waals surface area contributed by atoms with Crippen LogP contribution >= 0.6 is 0 Å². The molecule has 2 N–H and O–H groups in total. The zero-order chi connectivity index (χ0) is 11.2. The summed E-state index contributed by atoms with van der Waals surface area (Å²) in [4.78, 5) is 6.45. The molecule has 1 aromatic heterocycles. The Hall–Kier alpha value is -0.970. The van der Waals surface area contributed by atoms with Gasteiger partial charge in [0.25, 0.3) is 0 Å². The van der Waals surface area contributed by atoms with Crippen LogP contribution in [0.25, 0.3) is 0 Å². The van der Waals surface area contributed by atoms with Gasteiger partial charge in [-0.05, 0) is 17.7 Å². The Morgan fingerprint density at radius 3 is 2.62 bits per heavy atom. The van der Waals surface area contributed by atoms with Crippen LogP contribution in [-0.2, 0) is 4.74 Å². The van der Waals surface area contributed by atoms with Crippen molar-refractivity contribution in [3.63, 3.8) is 0 Å².